The normalized spacial score (nSPS) is 18.4. The van der Waals surface area contributed by atoms with Crippen LogP contribution in [-0.4, -0.2) is 52.9 Å². The number of benzene rings is 1. The first kappa shape index (κ1) is 20.1. The molecule has 2 aliphatic rings. The van der Waals surface area contributed by atoms with Gasteiger partial charge in [-0.25, -0.2) is 0 Å². The van der Waals surface area contributed by atoms with E-state index in [1.54, 1.807) is 0 Å². The van der Waals surface area contributed by atoms with E-state index in [0.29, 0.717) is 18.3 Å². The summed E-state index contributed by atoms with van der Waals surface area (Å²) in [5.41, 5.74) is 5.63. The third-order valence-corrected chi connectivity index (χ3v) is 6.18. The Labute approximate surface area is 173 Å². The zero-order chi connectivity index (χ0) is 20.2. The van der Waals surface area contributed by atoms with Gasteiger partial charge in [0.25, 0.3) is 5.91 Å². The number of hydrogen-bond donors (Lipinski definition) is 1. The Morgan fingerprint density at radius 1 is 1.28 bits per heavy atom. The summed E-state index contributed by atoms with van der Waals surface area (Å²) in [6, 6.07) is 8.83. The molecule has 4 rings (SSSR count). The van der Waals surface area contributed by atoms with Crippen LogP contribution in [0.4, 0.5) is 0 Å². The molecule has 0 spiro atoms. The Kier molecular flexibility index (Phi) is 6.31. The van der Waals surface area contributed by atoms with Crippen LogP contribution in [-0.2, 0) is 37.6 Å². The van der Waals surface area contributed by atoms with Gasteiger partial charge < -0.3 is 15.0 Å². The number of nitrogens with one attached hydrogen (secondary N) is 1. The molecule has 1 aliphatic heterocycles. The number of rotatable bonds is 7. The summed E-state index contributed by atoms with van der Waals surface area (Å²) >= 11 is 0. The number of ether oxygens (including phenoxy) is 1. The van der Waals surface area contributed by atoms with Crippen LogP contribution < -0.4 is 5.32 Å². The molecule has 1 N–H and O–H groups in total. The molecule has 2 heterocycles. The summed E-state index contributed by atoms with van der Waals surface area (Å²) in [5, 5.41) is 8.30. The minimum absolute atomic E-state index is 0.0772. The molecule has 0 saturated carbocycles. The van der Waals surface area contributed by atoms with Gasteiger partial charge in [0, 0.05) is 50.7 Å². The van der Waals surface area contributed by atoms with Crippen LogP contribution in [0.15, 0.2) is 24.3 Å². The molecule has 0 saturated heterocycles. The second kappa shape index (κ2) is 9.09. The molecular weight excluding hydrogens is 364 g/mol. The average Bonchev–Trinajstić information content (AvgIpc) is 3.08. The number of fused-ring (bicyclic) bond motifs is 2. The first-order valence-electron chi connectivity index (χ1n) is 10.9. The van der Waals surface area contributed by atoms with Crippen molar-refractivity contribution in [3.63, 3.8) is 0 Å². The Morgan fingerprint density at radius 2 is 2.10 bits per heavy atom. The van der Waals surface area contributed by atoms with Crippen molar-refractivity contribution in [2.75, 3.05) is 26.3 Å². The highest BCUT2D eigenvalue weighted by molar-refractivity contribution is 5.94. The van der Waals surface area contributed by atoms with Gasteiger partial charge in [0.1, 0.15) is 0 Å². The molecule has 1 aliphatic carbocycles. The zero-order valence-corrected chi connectivity index (χ0v) is 17.6. The Morgan fingerprint density at radius 3 is 2.93 bits per heavy atom. The number of hydrogen-bond acceptors (Lipinski definition) is 4. The lowest BCUT2D eigenvalue weighted by Gasteiger charge is -2.29. The lowest BCUT2D eigenvalue weighted by Crippen LogP contribution is -2.38. The van der Waals surface area contributed by atoms with Crippen molar-refractivity contribution in [1.82, 2.24) is 20.0 Å². The summed E-state index contributed by atoms with van der Waals surface area (Å²) in [6.45, 7) is 5.99. The minimum atomic E-state index is 0.0772. The number of carbonyl (C=O) groups excluding carboxylic acids is 1. The van der Waals surface area contributed by atoms with Crippen LogP contribution in [0.5, 0.6) is 0 Å². The van der Waals surface area contributed by atoms with Gasteiger partial charge in [-0.15, -0.1) is 0 Å². The molecule has 0 radical (unpaired) electrons. The van der Waals surface area contributed by atoms with Crippen LogP contribution in [0.1, 0.15) is 52.6 Å². The van der Waals surface area contributed by atoms with E-state index in [1.165, 1.54) is 16.8 Å². The van der Waals surface area contributed by atoms with Gasteiger partial charge in [0.15, 0.2) is 5.69 Å². The lowest BCUT2D eigenvalue weighted by atomic mass is 9.90. The largest absolute Gasteiger partial charge is 0.382 e. The molecule has 29 heavy (non-hydrogen) atoms. The van der Waals surface area contributed by atoms with Crippen LogP contribution in [0.3, 0.4) is 0 Å². The van der Waals surface area contributed by atoms with E-state index >= 15 is 0 Å². The van der Waals surface area contributed by atoms with Gasteiger partial charge in [-0.1, -0.05) is 24.3 Å². The second-order valence-electron chi connectivity index (χ2n) is 8.09. The van der Waals surface area contributed by atoms with Gasteiger partial charge >= 0.3 is 0 Å². The molecule has 0 fully saturated rings. The van der Waals surface area contributed by atoms with E-state index in [2.05, 4.69) is 34.7 Å². The molecular formula is C23H32N4O2. The number of carbonyl (C=O) groups is 1. The number of amides is 1. The van der Waals surface area contributed by atoms with Crippen molar-refractivity contribution in [3.05, 3.63) is 52.3 Å². The van der Waals surface area contributed by atoms with Gasteiger partial charge in [-0.05, 0) is 56.7 Å². The third-order valence-electron chi connectivity index (χ3n) is 6.18. The number of aromatic nitrogens is 2. The van der Waals surface area contributed by atoms with Gasteiger partial charge in [-0.3, -0.25) is 9.48 Å². The maximum atomic E-state index is 13.3. The predicted octanol–water partition coefficient (Wildman–Crippen LogP) is 2.49. The minimum Gasteiger partial charge on any atom is -0.382 e. The smallest absolute Gasteiger partial charge is 0.274 e. The fourth-order valence-electron chi connectivity index (χ4n) is 4.58. The van der Waals surface area contributed by atoms with Crippen molar-refractivity contribution in [1.29, 1.82) is 0 Å². The van der Waals surface area contributed by atoms with Crippen molar-refractivity contribution >= 4 is 5.91 Å². The molecule has 1 aromatic heterocycles. The topological polar surface area (TPSA) is 59.4 Å². The highest BCUT2D eigenvalue weighted by atomic mass is 16.5. The van der Waals surface area contributed by atoms with E-state index in [0.717, 1.165) is 64.0 Å². The Hall–Kier alpha value is -2.18. The first-order chi connectivity index (χ1) is 14.2. The van der Waals surface area contributed by atoms with Crippen LogP contribution in [0.2, 0.25) is 0 Å². The van der Waals surface area contributed by atoms with Crippen molar-refractivity contribution in [2.45, 2.75) is 51.6 Å². The zero-order valence-electron chi connectivity index (χ0n) is 17.6. The van der Waals surface area contributed by atoms with E-state index in [1.807, 2.05) is 23.6 Å². The maximum absolute atomic E-state index is 13.3. The molecule has 156 valence electrons. The standard InChI is InChI=1S/C23H32N4O2/c1-3-29-14-6-12-24-19-9-10-21-20(15-19)22(25-26(21)2)23(28)27-13-11-17-7-4-5-8-18(17)16-27/h4-5,7-8,19,24H,3,6,9-16H2,1-2H3/t19-/m0/s1. The summed E-state index contributed by atoms with van der Waals surface area (Å²) in [7, 11) is 1.97. The highest BCUT2D eigenvalue weighted by Crippen LogP contribution is 2.27. The molecule has 0 unspecified atom stereocenters. The van der Waals surface area contributed by atoms with Crippen LogP contribution in [0, 0.1) is 0 Å². The highest BCUT2D eigenvalue weighted by Gasteiger charge is 2.31. The SMILES string of the molecule is CCOCCCN[C@H]1CCc2c(c(C(=O)N3CCc4ccccc4C3)nn2C)C1. The van der Waals surface area contributed by atoms with E-state index in [9.17, 15) is 4.79 Å². The number of aryl methyl sites for hydroxylation is 1. The van der Waals surface area contributed by atoms with E-state index in [-0.39, 0.29) is 5.91 Å². The predicted molar refractivity (Wildman–Crippen MR) is 113 cm³/mol. The monoisotopic (exact) mass is 396 g/mol. The molecule has 1 atom stereocenters. The molecule has 6 heteroatoms. The molecule has 1 amide bonds. The molecule has 0 bridgehead atoms. The number of nitrogens with zero attached hydrogens (tertiary/aromatic N) is 3. The van der Waals surface area contributed by atoms with E-state index < -0.39 is 0 Å². The molecule has 2 aromatic rings. The first-order valence-corrected chi connectivity index (χ1v) is 10.9. The molecule has 1 aromatic carbocycles. The fraction of sp³-hybridized carbons (Fsp3) is 0.565. The van der Waals surface area contributed by atoms with Crippen LogP contribution in [0.25, 0.3) is 0 Å². The Balaban J connectivity index is 1.44. The van der Waals surface area contributed by atoms with Gasteiger partial charge in [-0.2, -0.15) is 5.10 Å². The average molecular weight is 397 g/mol. The van der Waals surface area contributed by atoms with Crippen molar-refractivity contribution in [3.8, 4) is 0 Å². The quantitative estimate of drug-likeness (QED) is 0.731. The van der Waals surface area contributed by atoms with Crippen LogP contribution >= 0.6 is 0 Å². The lowest BCUT2D eigenvalue weighted by molar-refractivity contribution is 0.0726. The summed E-state index contributed by atoms with van der Waals surface area (Å²) < 4.78 is 7.34. The van der Waals surface area contributed by atoms with Gasteiger partial charge in [0.2, 0.25) is 0 Å². The van der Waals surface area contributed by atoms with Gasteiger partial charge in [0.05, 0.1) is 0 Å². The fourth-order valence-corrected chi connectivity index (χ4v) is 4.58. The Bertz CT molecular complexity index is 861. The summed E-state index contributed by atoms with van der Waals surface area (Å²) in [6.07, 6.45) is 4.87. The summed E-state index contributed by atoms with van der Waals surface area (Å²) in [5.74, 6) is 0.0772. The van der Waals surface area contributed by atoms with Crippen molar-refractivity contribution < 1.29 is 9.53 Å². The van der Waals surface area contributed by atoms with Crippen molar-refractivity contribution in [2.24, 2.45) is 7.05 Å². The molecule has 6 nitrogen and oxygen atoms in total. The third kappa shape index (κ3) is 4.38. The second-order valence-corrected chi connectivity index (χ2v) is 8.09. The maximum Gasteiger partial charge on any atom is 0.274 e. The summed E-state index contributed by atoms with van der Waals surface area (Å²) in [4.78, 5) is 15.3. The van der Waals surface area contributed by atoms with E-state index in [4.69, 9.17) is 4.74 Å².